The van der Waals surface area contributed by atoms with E-state index in [2.05, 4.69) is 49.9 Å². The summed E-state index contributed by atoms with van der Waals surface area (Å²) in [4.78, 5) is 15.0. The van der Waals surface area contributed by atoms with Gasteiger partial charge < -0.3 is 4.90 Å². The molecule has 1 aromatic rings. The summed E-state index contributed by atoms with van der Waals surface area (Å²) in [7, 11) is 0. The Hall–Kier alpha value is -0.960. The average Bonchev–Trinajstić information content (AvgIpc) is 2.80. The Labute approximate surface area is 146 Å². The molecule has 0 bridgehead atoms. The van der Waals surface area contributed by atoms with Crippen LogP contribution < -0.4 is 0 Å². The molecule has 1 fully saturated rings. The molecular weight excluding hydrogens is 302 g/mol. The van der Waals surface area contributed by atoms with E-state index < -0.39 is 0 Å². The summed E-state index contributed by atoms with van der Waals surface area (Å²) in [6.45, 7) is 8.39. The molecule has 0 aromatic heterocycles. The van der Waals surface area contributed by atoms with Crippen molar-refractivity contribution in [2.45, 2.75) is 58.1 Å². The summed E-state index contributed by atoms with van der Waals surface area (Å²) in [5.41, 5.74) is 2.82. The first-order valence-electron chi connectivity index (χ1n) is 9.13. The molecular formula is C20H31NOS. The Morgan fingerprint density at radius 1 is 1.22 bits per heavy atom. The third-order valence-electron chi connectivity index (χ3n) is 4.81. The SMILES string of the molecule is CCCC(CCC)C(=O)N1CCSC(c2ccccc2C)CC1. The highest BCUT2D eigenvalue weighted by atomic mass is 32.2. The van der Waals surface area contributed by atoms with E-state index >= 15 is 0 Å². The van der Waals surface area contributed by atoms with Crippen LogP contribution in [0.3, 0.4) is 0 Å². The molecule has 0 radical (unpaired) electrons. The van der Waals surface area contributed by atoms with Crippen molar-refractivity contribution in [2.75, 3.05) is 18.8 Å². The van der Waals surface area contributed by atoms with Crippen molar-refractivity contribution in [1.82, 2.24) is 4.90 Å². The van der Waals surface area contributed by atoms with Crippen molar-refractivity contribution in [3.63, 3.8) is 0 Å². The number of carbonyl (C=O) groups is 1. The van der Waals surface area contributed by atoms with Crippen LogP contribution in [-0.2, 0) is 4.79 Å². The largest absolute Gasteiger partial charge is 0.342 e. The third-order valence-corrected chi connectivity index (χ3v) is 6.12. The topological polar surface area (TPSA) is 20.3 Å². The Morgan fingerprint density at radius 2 is 1.91 bits per heavy atom. The van der Waals surface area contributed by atoms with Crippen LogP contribution in [0.4, 0.5) is 0 Å². The highest BCUT2D eigenvalue weighted by Gasteiger charge is 2.26. The Kier molecular flexibility index (Phi) is 7.48. The van der Waals surface area contributed by atoms with E-state index in [1.807, 2.05) is 11.8 Å². The van der Waals surface area contributed by atoms with Crippen molar-refractivity contribution >= 4 is 17.7 Å². The molecule has 1 saturated heterocycles. The van der Waals surface area contributed by atoms with Gasteiger partial charge >= 0.3 is 0 Å². The molecule has 0 spiro atoms. The van der Waals surface area contributed by atoms with Gasteiger partial charge in [-0.1, -0.05) is 51.0 Å². The zero-order valence-corrected chi connectivity index (χ0v) is 15.7. The molecule has 0 saturated carbocycles. The van der Waals surface area contributed by atoms with E-state index in [1.54, 1.807) is 0 Å². The van der Waals surface area contributed by atoms with Crippen LogP contribution in [0.5, 0.6) is 0 Å². The molecule has 1 heterocycles. The van der Waals surface area contributed by atoms with Crippen LogP contribution in [0, 0.1) is 12.8 Å². The maximum Gasteiger partial charge on any atom is 0.225 e. The summed E-state index contributed by atoms with van der Waals surface area (Å²) >= 11 is 2.02. The fourth-order valence-electron chi connectivity index (χ4n) is 3.53. The zero-order chi connectivity index (χ0) is 16.7. The van der Waals surface area contributed by atoms with E-state index in [9.17, 15) is 4.79 Å². The van der Waals surface area contributed by atoms with Gasteiger partial charge in [-0.25, -0.2) is 0 Å². The Morgan fingerprint density at radius 3 is 2.57 bits per heavy atom. The van der Waals surface area contributed by atoms with Gasteiger partial charge in [-0.2, -0.15) is 11.8 Å². The highest BCUT2D eigenvalue weighted by Crippen LogP contribution is 2.36. The number of aryl methyl sites for hydroxylation is 1. The van der Waals surface area contributed by atoms with Gasteiger partial charge in [0.2, 0.25) is 5.91 Å². The van der Waals surface area contributed by atoms with Gasteiger partial charge in [0.25, 0.3) is 0 Å². The molecule has 3 heteroatoms. The molecule has 1 unspecified atom stereocenters. The monoisotopic (exact) mass is 333 g/mol. The standard InChI is InChI=1S/C20H31NOS/c1-4-8-17(9-5-2)20(22)21-13-12-19(23-15-14-21)18-11-7-6-10-16(18)3/h6-7,10-11,17,19H,4-5,8-9,12-15H2,1-3H3. The second-order valence-electron chi connectivity index (χ2n) is 6.60. The zero-order valence-electron chi connectivity index (χ0n) is 14.9. The minimum Gasteiger partial charge on any atom is -0.342 e. The molecule has 1 aliphatic rings. The van der Waals surface area contributed by atoms with Crippen LogP contribution in [0.15, 0.2) is 24.3 Å². The fourth-order valence-corrected chi connectivity index (χ4v) is 4.86. The number of nitrogens with zero attached hydrogens (tertiary/aromatic N) is 1. The molecule has 128 valence electrons. The lowest BCUT2D eigenvalue weighted by Gasteiger charge is -2.26. The first kappa shape index (κ1) is 18.4. The third kappa shape index (κ3) is 5.00. The molecule has 1 aliphatic heterocycles. The van der Waals surface area contributed by atoms with Gasteiger partial charge in [-0.15, -0.1) is 0 Å². The maximum atomic E-state index is 12.9. The molecule has 23 heavy (non-hydrogen) atoms. The van der Waals surface area contributed by atoms with Gasteiger partial charge in [0.1, 0.15) is 0 Å². The van der Waals surface area contributed by atoms with Crippen LogP contribution >= 0.6 is 11.8 Å². The van der Waals surface area contributed by atoms with Gasteiger partial charge in [-0.05, 0) is 37.3 Å². The number of carbonyl (C=O) groups excluding carboxylic acids is 1. The molecule has 2 rings (SSSR count). The predicted octanol–water partition coefficient (Wildman–Crippen LogP) is 5.22. The summed E-state index contributed by atoms with van der Waals surface area (Å²) in [5.74, 6) is 1.69. The van der Waals surface area contributed by atoms with Gasteiger partial charge in [0, 0.05) is 30.0 Å². The van der Waals surface area contributed by atoms with Gasteiger partial charge in [-0.3, -0.25) is 4.79 Å². The summed E-state index contributed by atoms with van der Waals surface area (Å²) in [6, 6.07) is 8.69. The van der Waals surface area contributed by atoms with E-state index in [1.165, 1.54) is 11.1 Å². The lowest BCUT2D eigenvalue weighted by atomic mass is 9.96. The molecule has 0 aliphatic carbocycles. The first-order valence-corrected chi connectivity index (χ1v) is 10.2. The molecule has 1 amide bonds. The smallest absolute Gasteiger partial charge is 0.225 e. The average molecular weight is 334 g/mol. The van der Waals surface area contributed by atoms with Crippen molar-refractivity contribution < 1.29 is 4.79 Å². The lowest BCUT2D eigenvalue weighted by molar-refractivity contribution is -0.135. The second kappa shape index (κ2) is 9.36. The highest BCUT2D eigenvalue weighted by molar-refractivity contribution is 7.99. The quantitative estimate of drug-likeness (QED) is 0.711. The van der Waals surface area contributed by atoms with Crippen molar-refractivity contribution in [3.8, 4) is 0 Å². The number of thioether (sulfide) groups is 1. The van der Waals surface area contributed by atoms with Crippen LogP contribution in [0.2, 0.25) is 0 Å². The van der Waals surface area contributed by atoms with E-state index in [-0.39, 0.29) is 5.92 Å². The number of rotatable bonds is 6. The molecule has 1 atom stereocenters. The van der Waals surface area contributed by atoms with Gasteiger partial charge in [0.05, 0.1) is 0 Å². The summed E-state index contributed by atoms with van der Waals surface area (Å²) < 4.78 is 0. The maximum absolute atomic E-state index is 12.9. The van der Waals surface area contributed by atoms with Crippen molar-refractivity contribution in [1.29, 1.82) is 0 Å². The van der Waals surface area contributed by atoms with Crippen molar-refractivity contribution in [3.05, 3.63) is 35.4 Å². The minimum absolute atomic E-state index is 0.241. The lowest BCUT2D eigenvalue weighted by Crippen LogP contribution is -2.37. The molecule has 0 N–H and O–H groups in total. The Balaban J connectivity index is 2.00. The van der Waals surface area contributed by atoms with Gasteiger partial charge in [0.15, 0.2) is 0 Å². The van der Waals surface area contributed by atoms with Crippen LogP contribution in [0.1, 0.15) is 62.3 Å². The normalized spacial score (nSPS) is 19.0. The van der Waals surface area contributed by atoms with E-state index in [0.717, 1.165) is 50.9 Å². The number of benzene rings is 1. The van der Waals surface area contributed by atoms with Crippen LogP contribution in [-0.4, -0.2) is 29.6 Å². The predicted molar refractivity (Wildman–Crippen MR) is 101 cm³/mol. The number of hydrogen-bond donors (Lipinski definition) is 0. The van der Waals surface area contributed by atoms with Crippen LogP contribution in [0.25, 0.3) is 0 Å². The number of amides is 1. The first-order chi connectivity index (χ1) is 11.2. The number of hydrogen-bond acceptors (Lipinski definition) is 2. The molecule has 1 aromatic carbocycles. The minimum atomic E-state index is 0.241. The second-order valence-corrected chi connectivity index (χ2v) is 7.91. The fraction of sp³-hybridized carbons (Fsp3) is 0.650. The summed E-state index contributed by atoms with van der Waals surface area (Å²) in [5, 5.41) is 0.532. The summed E-state index contributed by atoms with van der Waals surface area (Å²) in [6.07, 6.45) is 5.36. The van der Waals surface area contributed by atoms with Crippen molar-refractivity contribution in [2.24, 2.45) is 5.92 Å². The van der Waals surface area contributed by atoms with E-state index in [0.29, 0.717) is 11.2 Å². The van der Waals surface area contributed by atoms with E-state index in [4.69, 9.17) is 0 Å². The Bertz CT molecular complexity index is 496. The molecule has 2 nitrogen and oxygen atoms in total.